The second-order valence-electron chi connectivity index (χ2n) is 5.65. The zero-order valence-corrected chi connectivity index (χ0v) is 12.4. The molecule has 3 N–H and O–H groups in total. The van der Waals surface area contributed by atoms with Crippen molar-refractivity contribution in [3.8, 4) is 0 Å². The topological polar surface area (TPSA) is 85.5 Å². The Morgan fingerprint density at radius 1 is 1.52 bits per heavy atom. The van der Waals surface area contributed by atoms with Gasteiger partial charge < -0.3 is 20.5 Å². The molecule has 0 bridgehead atoms. The van der Waals surface area contributed by atoms with E-state index < -0.39 is 0 Å². The highest BCUT2D eigenvalue weighted by molar-refractivity contribution is 5.44. The number of hydrogen-bond donors (Lipinski definition) is 2. The van der Waals surface area contributed by atoms with Crippen molar-refractivity contribution >= 4 is 11.6 Å². The quantitative estimate of drug-likeness (QED) is 0.816. The number of ether oxygens (including phenoxy) is 2. The number of anilines is 2. The maximum atomic E-state index is 5.92. The van der Waals surface area contributed by atoms with Crippen LogP contribution in [0.25, 0.3) is 0 Å². The number of nitrogens with two attached hydrogens (primary N) is 1. The van der Waals surface area contributed by atoms with Crippen molar-refractivity contribution in [3.05, 3.63) is 11.9 Å². The Hall–Kier alpha value is -1.44. The number of methoxy groups -OCH3 is 1. The van der Waals surface area contributed by atoms with E-state index in [4.69, 9.17) is 15.2 Å². The fourth-order valence-corrected chi connectivity index (χ4v) is 3.03. The smallest absolute Gasteiger partial charge is 0.158 e. The summed E-state index contributed by atoms with van der Waals surface area (Å²) in [6, 6.07) is 2.37. The molecule has 0 amide bonds. The Balaban J connectivity index is 1.55. The SMILES string of the molecule is COCc1nc(N)cc(NCC2CN3CCCC3CO2)n1. The van der Waals surface area contributed by atoms with Crippen LogP contribution in [0, 0.1) is 0 Å². The average molecular weight is 293 g/mol. The van der Waals surface area contributed by atoms with Crippen LogP contribution in [-0.4, -0.2) is 60.4 Å². The first-order chi connectivity index (χ1) is 10.2. The molecular formula is C14H23N5O2. The van der Waals surface area contributed by atoms with E-state index in [0.29, 0.717) is 24.3 Å². The van der Waals surface area contributed by atoms with E-state index in [-0.39, 0.29) is 6.10 Å². The Morgan fingerprint density at radius 3 is 3.29 bits per heavy atom. The van der Waals surface area contributed by atoms with Gasteiger partial charge in [-0.25, -0.2) is 9.97 Å². The zero-order chi connectivity index (χ0) is 14.7. The lowest BCUT2D eigenvalue weighted by Gasteiger charge is -2.35. The summed E-state index contributed by atoms with van der Waals surface area (Å²) >= 11 is 0. The van der Waals surface area contributed by atoms with Crippen molar-refractivity contribution in [2.75, 3.05) is 44.4 Å². The highest BCUT2D eigenvalue weighted by atomic mass is 16.5. The van der Waals surface area contributed by atoms with Crippen LogP contribution < -0.4 is 11.1 Å². The summed E-state index contributed by atoms with van der Waals surface area (Å²) in [7, 11) is 1.61. The fourth-order valence-electron chi connectivity index (χ4n) is 3.03. The summed E-state index contributed by atoms with van der Waals surface area (Å²) in [5, 5.41) is 3.30. The summed E-state index contributed by atoms with van der Waals surface area (Å²) in [6.45, 7) is 4.11. The van der Waals surface area contributed by atoms with Crippen molar-refractivity contribution in [2.45, 2.75) is 31.6 Å². The molecule has 2 atom stereocenters. The van der Waals surface area contributed by atoms with Crippen LogP contribution in [0.15, 0.2) is 6.07 Å². The van der Waals surface area contributed by atoms with Gasteiger partial charge in [0.05, 0.1) is 12.7 Å². The molecule has 0 spiro atoms. The second kappa shape index (κ2) is 6.55. The predicted molar refractivity (Wildman–Crippen MR) is 80.0 cm³/mol. The highest BCUT2D eigenvalue weighted by Gasteiger charge is 2.31. The zero-order valence-electron chi connectivity index (χ0n) is 12.4. The van der Waals surface area contributed by atoms with E-state index in [2.05, 4.69) is 20.2 Å². The fraction of sp³-hybridized carbons (Fsp3) is 0.714. The van der Waals surface area contributed by atoms with E-state index >= 15 is 0 Å². The number of aromatic nitrogens is 2. The summed E-state index contributed by atoms with van der Waals surface area (Å²) < 4.78 is 11.0. The maximum Gasteiger partial charge on any atom is 0.158 e. The van der Waals surface area contributed by atoms with Gasteiger partial charge in [0.15, 0.2) is 5.82 Å². The minimum atomic E-state index is 0.196. The molecule has 0 aromatic carbocycles. The first-order valence-electron chi connectivity index (χ1n) is 7.46. The second-order valence-corrected chi connectivity index (χ2v) is 5.65. The third-order valence-electron chi connectivity index (χ3n) is 4.04. The van der Waals surface area contributed by atoms with E-state index in [0.717, 1.165) is 25.5 Å². The monoisotopic (exact) mass is 293 g/mol. The first-order valence-corrected chi connectivity index (χ1v) is 7.46. The van der Waals surface area contributed by atoms with Gasteiger partial charge >= 0.3 is 0 Å². The van der Waals surface area contributed by atoms with Crippen molar-refractivity contribution in [3.63, 3.8) is 0 Å². The molecule has 2 unspecified atom stereocenters. The molecule has 3 heterocycles. The van der Waals surface area contributed by atoms with Gasteiger partial charge in [-0.2, -0.15) is 0 Å². The number of hydrogen-bond acceptors (Lipinski definition) is 7. The number of nitrogens with zero attached hydrogens (tertiary/aromatic N) is 3. The highest BCUT2D eigenvalue weighted by Crippen LogP contribution is 2.22. The third-order valence-corrected chi connectivity index (χ3v) is 4.04. The van der Waals surface area contributed by atoms with Crippen LogP contribution in [-0.2, 0) is 16.1 Å². The maximum absolute atomic E-state index is 5.92. The molecule has 2 aliphatic rings. The van der Waals surface area contributed by atoms with Gasteiger partial charge in [-0.3, -0.25) is 4.90 Å². The standard InChI is InChI=1S/C14H23N5O2/c1-20-9-14-17-12(15)5-13(18-14)16-6-11-7-19-4-2-3-10(19)8-21-11/h5,10-11H,2-4,6-9H2,1H3,(H3,15,16,17,18). The number of nitrogens with one attached hydrogen (secondary N) is 1. The molecule has 116 valence electrons. The summed E-state index contributed by atoms with van der Waals surface area (Å²) in [4.78, 5) is 11.0. The van der Waals surface area contributed by atoms with Gasteiger partial charge in [0, 0.05) is 32.3 Å². The molecular weight excluding hydrogens is 270 g/mol. The minimum Gasteiger partial charge on any atom is -0.384 e. The predicted octanol–water partition coefficient (Wildman–Crippen LogP) is 0.480. The molecule has 7 heteroatoms. The lowest BCUT2D eigenvalue weighted by Crippen LogP contribution is -2.48. The van der Waals surface area contributed by atoms with E-state index in [9.17, 15) is 0 Å². The molecule has 21 heavy (non-hydrogen) atoms. The van der Waals surface area contributed by atoms with E-state index in [1.807, 2.05) is 0 Å². The molecule has 7 nitrogen and oxygen atoms in total. The third kappa shape index (κ3) is 3.61. The Kier molecular flexibility index (Phi) is 4.52. The van der Waals surface area contributed by atoms with E-state index in [1.165, 1.54) is 19.4 Å². The number of rotatable bonds is 5. The van der Waals surface area contributed by atoms with Gasteiger partial charge in [-0.15, -0.1) is 0 Å². The molecule has 2 aliphatic heterocycles. The van der Waals surface area contributed by atoms with Crippen LogP contribution in [0.1, 0.15) is 18.7 Å². The average Bonchev–Trinajstić information content (AvgIpc) is 2.92. The lowest BCUT2D eigenvalue weighted by molar-refractivity contribution is -0.0416. The first kappa shape index (κ1) is 14.5. The van der Waals surface area contributed by atoms with Gasteiger partial charge in [0.1, 0.15) is 18.2 Å². The largest absolute Gasteiger partial charge is 0.384 e. The Bertz CT molecular complexity index is 484. The number of morpholine rings is 1. The van der Waals surface area contributed by atoms with Gasteiger partial charge in [-0.1, -0.05) is 0 Å². The summed E-state index contributed by atoms with van der Waals surface area (Å²) in [5.74, 6) is 1.76. The minimum absolute atomic E-state index is 0.196. The van der Waals surface area contributed by atoms with Crippen LogP contribution in [0.4, 0.5) is 11.6 Å². The molecule has 2 saturated heterocycles. The summed E-state index contributed by atoms with van der Waals surface area (Å²) in [6.07, 6.45) is 2.75. The Labute approximate surface area is 124 Å². The van der Waals surface area contributed by atoms with Crippen molar-refractivity contribution in [1.29, 1.82) is 0 Å². The van der Waals surface area contributed by atoms with Crippen LogP contribution in [0.5, 0.6) is 0 Å². The van der Waals surface area contributed by atoms with Crippen molar-refractivity contribution < 1.29 is 9.47 Å². The number of nitrogen functional groups attached to an aromatic ring is 1. The van der Waals surface area contributed by atoms with Crippen LogP contribution in [0.3, 0.4) is 0 Å². The molecule has 2 fully saturated rings. The molecule has 0 radical (unpaired) electrons. The normalized spacial score (nSPS) is 25.8. The van der Waals surface area contributed by atoms with Gasteiger partial charge in [-0.05, 0) is 19.4 Å². The molecule has 0 saturated carbocycles. The number of fused-ring (bicyclic) bond motifs is 1. The molecule has 0 aliphatic carbocycles. The van der Waals surface area contributed by atoms with Gasteiger partial charge in [0.25, 0.3) is 0 Å². The van der Waals surface area contributed by atoms with Crippen molar-refractivity contribution in [1.82, 2.24) is 14.9 Å². The molecule has 3 rings (SSSR count). The van der Waals surface area contributed by atoms with Crippen molar-refractivity contribution in [2.24, 2.45) is 0 Å². The lowest BCUT2D eigenvalue weighted by atomic mass is 10.2. The Morgan fingerprint density at radius 2 is 2.43 bits per heavy atom. The van der Waals surface area contributed by atoms with Crippen LogP contribution in [0.2, 0.25) is 0 Å². The summed E-state index contributed by atoms with van der Waals surface area (Å²) in [5.41, 5.74) is 5.78. The van der Waals surface area contributed by atoms with Crippen LogP contribution >= 0.6 is 0 Å². The van der Waals surface area contributed by atoms with Gasteiger partial charge in [0.2, 0.25) is 0 Å². The molecule has 1 aromatic heterocycles. The molecule has 1 aromatic rings. The van der Waals surface area contributed by atoms with E-state index in [1.54, 1.807) is 13.2 Å².